The van der Waals surface area contributed by atoms with Gasteiger partial charge in [0.05, 0.1) is 0 Å². The molecule has 0 unspecified atom stereocenters. The van der Waals surface area contributed by atoms with E-state index < -0.39 is 32.9 Å². The number of benzene rings is 4. The molecule has 0 heterocycles. The van der Waals surface area contributed by atoms with Gasteiger partial charge in [-0.15, -0.1) is 0 Å². The fourth-order valence-corrected chi connectivity index (χ4v) is 22.3. The molecule has 0 saturated carbocycles. The molecule has 0 radical (unpaired) electrons. The molecule has 0 saturated heterocycles. The van der Waals surface area contributed by atoms with Crippen LogP contribution in [-0.2, 0) is 0 Å². The van der Waals surface area contributed by atoms with E-state index in [4.69, 9.17) is 9.30 Å². The molecule has 39 heavy (non-hydrogen) atoms. The van der Waals surface area contributed by atoms with E-state index in [1.807, 2.05) is 0 Å². The van der Waals surface area contributed by atoms with Gasteiger partial charge in [0, 0.05) is 0 Å². The first-order valence-corrected chi connectivity index (χ1v) is 25.3. The van der Waals surface area contributed by atoms with Crippen molar-refractivity contribution < 1.29 is 0 Å². The molecular formula is C32H44MgN2Si4. The maximum Gasteiger partial charge on any atom is 2.00 e. The summed E-state index contributed by atoms with van der Waals surface area (Å²) in [5, 5.41) is 5.69. The van der Waals surface area contributed by atoms with Crippen molar-refractivity contribution in [2.75, 3.05) is 0 Å². The van der Waals surface area contributed by atoms with Gasteiger partial charge < -0.3 is 9.30 Å². The van der Waals surface area contributed by atoms with Gasteiger partial charge in [-0.1, -0.05) is 194 Å². The minimum Gasteiger partial charge on any atom is -0.660 e. The summed E-state index contributed by atoms with van der Waals surface area (Å²) in [5.41, 5.74) is 0. The topological polar surface area (TPSA) is 28.2 Å². The minimum atomic E-state index is -1.71. The maximum absolute atomic E-state index is 5.36. The van der Waals surface area contributed by atoms with Crippen LogP contribution in [0.5, 0.6) is 0 Å². The molecule has 0 aliphatic rings. The number of hydrogen-bond acceptors (Lipinski definition) is 0. The van der Waals surface area contributed by atoms with Crippen molar-refractivity contribution in [1.29, 1.82) is 0 Å². The van der Waals surface area contributed by atoms with E-state index in [9.17, 15) is 0 Å². The molecule has 0 aromatic heterocycles. The summed E-state index contributed by atoms with van der Waals surface area (Å²) in [7, 11) is -6.84. The summed E-state index contributed by atoms with van der Waals surface area (Å²) in [6.45, 7) is 18.8. The Morgan fingerprint density at radius 3 is 0.615 bits per heavy atom. The molecule has 4 aromatic rings. The molecular weight excluding hydrogens is 549 g/mol. The summed E-state index contributed by atoms with van der Waals surface area (Å²) in [6, 6.07) is 43.1. The SMILES string of the molecule is C[Si](C)([N-][Si](C)(C)c1ccccc1)c1ccccc1.C[Si](C)([N-][Si](C)(C)c1ccccc1)c1ccccc1.[Mg+2]. The van der Waals surface area contributed by atoms with Gasteiger partial charge in [-0.05, 0) is 32.9 Å². The van der Waals surface area contributed by atoms with E-state index in [-0.39, 0.29) is 23.1 Å². The van der Waals surface area contributed by atoms with Crippen molar-refractivity contribution in [3.8, 4) is 0 Å². The van der Waals surface area contributed by atoms with E-state index in [2.05, 4.69) is 174 Å². The number of rotatable bonds is 8. The van der Waals surface area contributed by atoms with Gasteiger partial charge in [0.1, 0.15) is 0 Å². The zero-order valence-electron chi connectivity index (χ0n) is 25.1. The van der Waals surface area contributed by atoms with Gasteiger partial charge in [-0.25, -0.2) is 0 Å². The average molecular weight is 593 g/mol. The van der Waals surface area contributed by atoms with Crippen LogP contribution < -0.4 is 20.7 Å². The third kappa shape index (κ3) is 9.79. The molecule has 0 fully saturated rings. The van der Waals surface area contributed by atoms with Crippen LogP contribution in [-0.4, -0.2) is 56.0 Å². The largest absolute Gasteiger partial charge is 2.00 e. The Morgan fingerprint density at radius 2 is 0.462 bits per heavy atom. The Morgan fingerprint density at radius 1 is 0.308 bits per heavy atom. The molecule has 0 aliphatic heterocycles. The van der Waals surface area contributed by atoms with Crippen LogP contribution in [0.4, 0.5) is 0 Å². The molecule has 0 N–H and O–H groups in total. The first-order chi connectivity index (χ1) is 17.8. The molecule has 0 aliphatic carbocycles. The van der Waals surface area contributed by atoms with Crippen LogP contribution in [0.1, 0.15) is 0 Å². The van der Waals surface area contributed by atoms with Gasteiger partial charge >= 0.3 is 23.1 Å². The predicted molar refractivity (Wildman–Crippen MR) is 187 cm³/mol. The van der Waals surface area contributed by atoms with Crippen LogP contribution in [0, 0.1) is 0 Å². The molecule has 4 aromatic carbocycles. The van der Waals surface area contributed by atoms with Crippen LogP contribution in [0.15, 0.2) is 121 Å². The molecule has 7 heteroatoms. The second kappa shape index (κ2) is 14.4. The number of nitrogens with zero attached hydrogens (tertiary/aromatic N) is 2. The predicted octanol–water partition coefficient (Wildman–Crippen LogP) is 6.79. The Kier molecular flexibility index (Phi) is 12.4. The normalized spacial score (nSPS) is 12.1. The summed E-state index contributed by atoms with van der Waals surface area (Å²) >= 11 is 0. The van der Waals surface area contributed by atoms with E-state index in [1.54, 1.807) is 0 Å². The van der Waals surface area contributed by atoms with Crippen molar-refractivity contribution in [2.24, 2.45) is 0 Å². The van der Waals surface area contributed by atoms with Crippen molar-refractivity contribution in [2.45, 2.75) is 52.4 Å². The summed E-state index contributed by atoms with van der Waals surface area (Å²) in [5.74, 6) is 0. The molecule has 0 bridgehead atoms. The Bertz CT molecular complexity index is 1050. The monoisotopic (exact) mass is 592 g/mol. The molecule has 0 atom stereocenters. The zero-order chi connectivity index (χ0) is 27.9. The standard InChI is InChI=1S/2C16H22NSi2.Mg/c2*1-18(2,15-11-7-5-8-12-15)17-19(3,4)16-13-9-6-10-14-16;/h2*5-14H,1-4H3;/q2*-1;+2. The van der Waals surface area contributed by atoms with Gasteiger partial charge in [-0.2, -0.15) is 0 Å². The van der Waals surface area contributed by atoms with E-state index >= 15 is 0 Å². The van der Waals surface area contributed by atoms with Crippen molar-refractivity contribution in [3.05, 3.63) is 131 Å². The third-order valence-corrected chi connectivity index (χ3v) is 23.0. The van der Waals surface area contributed by atoms with Gasteiger partial charge in [0.2, 0.25) is 0 Å². The number of hydrogen-bond donors (Lipinski definition) is 0. The van der Waals surface area contributed by atoms with Crippen molar-refractivity contribution in [1.82, 2.24) is 0 Å². The first-order valence-electron chi connectivity index (χ1n) is 13.5. The quantitative estimate of drug-likeness (QED) is 0.202. The summed E-state index contributed by atoms with van der Waals surface area (Å²) in [4.78, 5) is 0. The van der Waals surface area contributed by atoms with Gasteiger partial charge in [0.25, 0.3) is 0 Å². The van der Waals surface area contributed by atoms with E-state index in [1.165, 1.54) is 20.7 Å². The Balaban J connectivity index is 0.000000267. The van der Waals surface area contributed by atoms with Crippen LogP contribution in [0.25, 0.3) is 9.30 Å². The molecule has 0 spiro atoms. The second-order valence-corrected chi connectivity index (χ2v) is 28.5. The molecule has 4 rings (SSSR count). The zero-order valence-corrected chi connectivity index (χ0v) is 30.6. The van der Waals surface area contributed by atoms with Crippen LogP contribution in [0.3, 0.4) is 0 Å². The van der Waals surface area contributed by atoms with Gasteiger partial charge in [0.15, 0.2) is 0 Å². The molecule has 200 valence electrons. The Hall–Kier alpha value is -1.57. The molecule has 0 amide bonds. The maximum atomic E-state index is 5.36. The fourth-order valence-electron chi connectivity index (χ4n) is 5.04. The fraction of sp³-hybridized carbons (Fsp3) is 0.250. The summed E-state index contributed by atoms with van der Waals surface area (Å²) in [6.07, 6.45) is 0. The molecule has 2 nitrogen and oxygen atoms in total. The van der Waals surface area contributed by atoms with Crippen LogP contribution in [0.2, 0.25) is 52.4 Å². The average Bonchev–Trinajstić information content (AvgIpc) is 2.90. The van der Waals surface area contributed by atoms with E-state index in [0.717, 1.165) is 0 Å². The smallest absolute Gasteiger partial charge is 0.660 e. The Labute approximate surface area is 258 Å². The van der Waals surface area contributed by atoms with Crippen LogP contribution >= 0.6 is 0 Å². The van der Waals surface area contributed by atoms with Crippen molar-refractivity contribution >= 4 is 76.7 Å². The third-order valence-electron chi connectivity index (χ3n) is 7.04. The van der Waals surface area contributed by atoms with Crippen molar-refractivity contribution in [3.63, 3.8) is 0 Å². The summed E-state index contributed by atoms with van der Waals surface area (Å²) < 4.78 is 10.7. The second-order valence-electron chi connectivity index (χ2n) is 11.9. The van der Waals surface area contributed by atoms with Gasteiger partial charge in [-0.3, -0.25) is 0 Å². The first kappa shape index (κ1) is 33.6. The minimum absolute atomic E-state index is 0. The van der Waals surface area contributed by atoms with E-state index in [0.29, 0.717) is 0 Å².